The van der Waals surface area contributed by atoms with Crippen molar-refractivity contribution in [2.24, 2.45) is 0 Å². The molecule has 0 unspecified atom stereocenters. The van der Waals surface area contributed by atoms with E-state index in [1.165, 1.54) is 5.39 Å². The van der Waals surface area contributed by atoms with Gasteiger partial charge in [0.2, 0.25) is 0 Å². The van der Waals surface area contributed by atoms with Crippen molar-refractivity contribution < 1.29 is 4.74 Å². The van der Waals surface area contributed by atoms with Crippen LogP contribution in [0.1, 0.15) is 20.3 Å². The molecule has 0 aliphatic carbocycles. The lowest BCUT2D eigenvalue weighted by Gasteiger charge is -2.18. The number of hydrogen-bond donors (Lipinski definition) is 1. The number of rotatable bonds is 8. The Balaban J connectivity index is 0.00000242. The predicted molar refractivity (Wildman–Crippen MR) is 96.4 cm³/mol. The summed E-state index contributed by atoms with van der Waals surface area (Å²) >= 11 is 0. The quantitative estimate of drug-likeness (QED) is 0.750. The average molecular weight is 324 g/mol. The third-order valence-electron chi connectivity index (χ3n) is 3.81. The van der Waals surface area contributed by atoms with E-state index in [0.29, 0.717) is 0 Å². The van der Waals surface area contributed by atoms with Crippen molar-refractivity contribution in [3.8, 4) is 5.75 Å². The summed E-state index contributed by atoms with van der Waals surface area (Å²) < 4.78 is 5.30. The van der Waals surface area contributed by atoms with Gasteiger partial charge >= 0.3 is 0 Å². The molecule has 0 fully saturated rings. The van der Waals surface area contributed by atoms with Gasteiger partial charge in [0.15, 0.2) is 0 Å². The van der Waals surface area contributed by atoms with Crippen LogP contribution in [-0.4, -0.2) is 43.2 Å². The Morgan fingerprint density at radius 1 is 1.18 bits per heavy atom. The van der Waals surface area contributed by atoms with Gasteiger partial charge in [-0.25, -0.2) is 4.98 Å². The van der Waals surface area contributed by atoms with Crippen LogP contribution in [0.4, 0.5) is 5.82 Å². The summed E-state index contributed by atoms with van der Waals surface area (Å²) in [5.74, 6) is 1.80. The topological polar surface area (TPSA) is 37.4 Å². The molecule has 4 nitrogen and oxygen atoms in total. The Bertz CT molecular complexity index is 573. The molecule has 0 saturated carbocycles. The number of nitrogens with zero attached hydrogens (tertiary/aromatic N) is 2. The van der Waals surface area contributed by atoms with Crippen molar-refractivity contribution in [3.63, 3.8) is 0 Å². The number of nitrogens with one attached hydrogen (secondary N) is 1. The number of benzene rings is 1. The van der Waals surface area contributed by atoms with Gasteiger partial charge in [0.05, 0.1) is 7.11 Å². The zero-order valence-corrected chi connectivity index (χ0v) is 14.4. The summed E-state index contributed by atoms with van der Waals surface area (Å²) in [6.45, 7) is 8.68. The maximum atomic E-state index is 5.30. The van der Waals surface area contributed by atoms with Crippen molar-refractivity contribution in [1.82, 2.24) is 9.88 Å². The lowest BCUT2D eigenvalue weighted by Crippen LogP contribution is -2.25. The monoisotopic (exact) mass is 323 g/mol. The molecule has 1 aromatic carbocycles. The zero-order chi connectivity index (χ0) is 15.1. The molecule has 1 N–H and O–H groups in total. The van der Waals surface area contributed by atoms with Gasteiger partial charge in [0, 0.05) is 18.1 Å². The van der Waals surface area contributed by atoms with Gasteiger partial charge in [-0.1, -0.05) is 19.9 Å². The van der Waals surface area contributed by atoms with E-state index in [1.807, 2.05) is 24.4 Å². The highest BCUT2D eigenvalue weighted by Crippen LogP contribution is 2.25. The first kappa shape index (κ1) is 18.5. The standard InChI is InChI=1S/C17H25N3O.ClH/c1-4-20(5-2)12-6-10-18-17-16-13-15(21-3)8-7-14(16)9-11-19-17;/h7-9,11,13H,4-6,10,12H2,1-3H3,(H,18,19);1H. The third kappa shape index (κ3) is 4.75. The highest BCUT2D eigenvalue weighted by molar-refractivity contribution is 5.92. The normalized spacial score (nSPS) is 10.5. The van der Waals surface area contributed by atoms with E-state index in [-0.39, 0.29) is 12.4 Å². The van der Waals surface area contributed by atoms with Crippen LogP contribution in [0.5, 0.6) is 5.75 Å². The van der Waals surface area contributed by atoms with Gasteiger partial charge in [0.25, 0.3) is 0 Å². The van der Waals surface area contributed by atoms with Crippen molar-refractivity contribution in [1.29, 1.82) is 0 Å². The van der Waals surface area contributed by atoms with E-state index in [1.54, 1.807) is 7.11 Å². The highest BCUT2D eigenvalue weighted by atomic mass is 35.5. The molecule has 2 rings (SSSR count). The molecule has 0 saturated heterocycles. The summed E-state index contributed by atoms with van der Waals surface area (Å²) in [5.41, 5.74) is 0. The highest BCUT2D eigenvalue weighted by Gasteiger charge is 2.04. The molecule has 0 aliphatic rings. The molecular formula is C17H26ClN3O. The van der Waals surface area contributed by atoms with Crippen LogP contribution in [0.15, 0.2) is 30.5 Å². The first-order chi connectivity index (χ1) is 10.3. The second kappa shape index (κ2) is 9.49. The Kier molecular flexibility index (Phi) is 7.99. The second-order valence-electron chi connectivity index (χ2n) is 5.05. The molecule has 1 heterocycles. The van der Waals surface area contributed by atoms with E-state index in [2.05, 4.69) is 35.1 Å². The Labute approximate surface area is 139 Å². The number of anilines is 1. The number of hydrogen-bond acceptors (Lipinski definition) is 4. The summed E-state index contributed by atoms with van der Waals surface area (Å²) in [7, 11) is 1.69. The Morgan fingerprint density at radius 3 is 2.64 bits per heavy atom. The lowest BCUT2D eigenvalue weighted by atomic mass is 10.1. The van der Waals surface area contributed by atoms with Gasteiger partial charge in [-0.3, -0.25) is 0 Å². The fourth-order valence-corrected chi connectivity index (χ4v) is 2.46. The molecule has 0 bridgehead atoms. The Hall–Kier alpha value is -1.52. The van der Waals surface area contributed by atoms with Crippen molar-refractivity contribution in [2.75, 3.05) is 38.6 Å². The van der Waals surface area contributed by atoms with Crippen LogP contribution in [0, 0.1) is 0 Å². The molecule has 22 heavy (non-hydrogen) atoms. The predicted octanol–water partition coefficient (Wildman–Crippen LogP) is 3.81. The van der Waals surface area contributed by atoms with E-state index < -0.39 is 0 Å². The van der Waals surface area contributed by atoms with Crippen molar-refractivity contribution in [2.45, 2.75) is 20.3 Å². The fourth-order valence-electron chi connectivity index (χ4n) is 2.46. The Morgan fingerprint density at radius 2 is 1.95 bits per heavy atom. The summed E-state index contributed by atoms with van der Waals surface area (Å²) in [5, 5.41) is 5.74. The summed E-state index contributed by atoms with van der Waals surface area (Å²) in [6, 6.07) is 8.11. The molecule has 2 aromatic rings. The van der Waals surface area contributed by atoms with Crippen LogP contribution >= 0.6 is 12.4 Å². The minimum Gasteiger partial charge on any atom is -0.497 e. The van der Waals surface area contributed by atoms with Crippen molar-refractivity contribution >= 4 is 29.0 Å². The minimum atomic E-state index is 0. The van der Waals surface area contributed by atoms with Crippen LogP contribution in [0.25, 0.3) is 10.8 Å². The molecule has 0 radical (unpaired) electrons. The largest absolute Gasteiger partial charge is 0.497 e. The third-order valence-corrected chi connectivity index (χ3v) is 3.81. The van der Waals surface area contributed by atoms with Gasteiger partial charge < -0.3 is 15.0 Å². The number of aromatic nitrogens is 1. The first-order valence-electron chi connectivity index (χ1n) is 7.67. The average Bonchev–Trinajstić information content (AvgIpc) is 2.54. The van der Waals surface area contributed by atoms with E-state index in [9.17, 15) is 0 Å². The molecular weight excluding hydrogens is 298 g/mol. The fraction of sp³-hybridized carbons (Fsp3) is 0.471. The molecule has 0 spiro atoms. The molecule has 1 aromatic heterocycles. The molecule has 0 atom stereocenters. The van der Waals surface area contributed by atoms with Crippen LogP contribution < -0.4 is 10.1 Å². The van der Waals surface area contributed by atoms with Gasteiger partial charge in [-0.15, -0.1) is 12.4 Å². The maximum Gasteiger partial charge on any atom is 0.133 e. The molecule has 0 aliphatic heterocycles. The molecule has 122 valence electrons. The molecule has 5 heteroatoms. The second-order valence-corrected chi connectivity index (χ2v) is 5.05. The lowest BCUT2D eigenvalue weighted by molar-refractivity contribution is 0.303. The van der Waals surface area contributed by atoms with E-state index >= 15 is 0 Å². The zero-order valence-electron chi connectivity index (χ0n) is 13.6. The van der Waals surface area contributed by atoms with Crippen LogP contribution in [0.3, 0.4) is 0 Å². The number of methoxy groups -OCH3 is 1. The first-order valence-corrected chi connectivity index (χ1v) is 7.67. The number of pyridine rings is 1. The maximum absolute atomic E-state index is 5.30. The summed E-state index contributed by atoms with van der Waals surface area (Å²) in [4.78, 5) is 6.89. The smallest absolute Gasteiger partial charge is 0.133 e. The summed E-state index contributed by atoms with van der Waals surface area (Å²) in [6.07, 6.45) is 2.96. The van der Waals surface area contributed by atoms with Crippen LogP contribution in [-0.2, 0) is 0 Å². The number of fused-ring (bicyclic) bond motifs is 1. The van der Waals surface area contributed by atoms with Crippen molar-refractivity contribution in [3.05, 3.63) is 30.5 Å². The minimum absolute atomic E-state index is 0. The van der Waals surface area contributed by atoms with Gasteiger partial charge in [-0.05, 0) is 49.6 Å². The van der Waals surface area contributed by atoms with E-state index in [4.69, 9.17) is 4.74 Å². The van der Waals surface area contributed by atoms with E-state index in [0.717, 1.165) is 49.6 Å². The van der Waals surface area contributed by atoms with Crippen LogP contribution in [0.2, 0.25) is 0 Å². The SMILES string of the molecule is CCN(CC)CCCNc1nccc2ccc(OC)cc12.Cl. The number of halogens is 1. The molecule has 0 amide bonds. The van der Waals surface area contributed by atoms with Gasteiger partial charge in [0.1, 0.15) is 11.6 Å². The number of ether oxygens (including phenoxy) is 1. The van der Waals surface area contributed by atoms with Gasteiger partial charge in [-0.2, -0.15) is 0 Å².